The number of hydrogen-bond donors (Lipinski definition) is 6. The molecule has 0 spiro atoms. The number of rotatable bonds is 6. The number of aromatic amines is 2. The highest BCUT2D eigenvalue weighted by molar-refractivity contribution is 5.77. The maximum atomic E-state index is 11.5. The molecular formula is C11H16N4O4. The third kappa shape index (κ3) is 3.18. The van der Waals surface area contributed by atoms with Crippen LogP contribution in [0.25, 0.3) is 11.0 Å². The monoisotopic (exact) mass is 268 g/mol. The topological polar surface area (TPSA) is 134 Å². The Hall–Kier alpha value is -1.74. The second kappa shape index (κ2) is 5.93. The first-order valence-electron chi connectivity index (χ1n) is 5.86. The van der Waals surface area contributed by atoms with Crippen molar-refractivity contribution in [1.82, 2.24) is 20.3 Å². The van der Waals surface area contributed by atoms with Gasteiger partial charge in [0.2, 0.25) is 0 Å². The van der Waals surface area contributed by atoms with E-state index in [9.17, 15) is 15.0 Å². The van der Waals surface area contributed by atoms with Crippen molar-refractivity contribution in [1.29, 1.82) is 0 Å². The lowest BCUT2D eigenvalue weighted by molar-refractivity contribution is 0.0283. The van der Waals surface area contributed by atoms with Crippen molar-refractivity contribution in [2.45, 2.75) is 25.3 Å². The fourth-order valence-electron chi connectivity index (χ4n) is 1.78. The van der Waals surface area contributed by atoms with E-state index < -0.39 is 18.9 Å². The van der Waals surface area contributed by atoms with Gasteiger partial charge >= 0.3 is 0 Å². The molecule has 6 N–H and O–H groups in total. The Morgan fingerprint density at radius 3 is 2.89 bits per heavy atom. The number of aromatic nitrogens is 3. The molecule has 0 radical (unpaired) electrons. The van der Waals surface area contributed by atoms with Crippen LogP contribution >= 0.6 is 0 Å². The van der Waals surface area contributed by atoms with Crippen LogP contribution in [0.1, 0.15) is 12.0 Å². The van der Waals surface area contributed by atoms with Crippen molar-refractivity contribution in [2.24, 2.45) is 0 Å². The lowest BCUT2D eigenvalue weighted by Crippen LogP contribution is -2.33. The molecule has 0 aliphatic rings. The lowest BCUT2D eigenvalue weighted by Gasteiger charge is -2.14. The minimum absolute atomic E-state index is 0.0207. The van der Waals surface area contributed by atoms with Crippen LogP contribution in [0.3, 0.4) is 0 Å². The van der Waals surface area contributed by atoms with Crippen molar-refractivity contribution in [3.8, 4) is 0 Å². The second-order valence-corrected chi connectivity index (χ2v) is 4.24. The highest BCUT2D eigenvalue weighted by Crippen LogP contribution is 2.11. The number of hydrogen-bond acceptors (Lipinski definition) is 6. The molecule has 0 aromatic carbocycles. The van der Waals surface area contributed by atoms with E-state index in [-0.39, 0.29) is 18.5 Å². The molecule has 104 valence electrons. The van der Waals surface area contributed by atoms with E-state index in [0.717, 1.165) is 5.56 Å². The number of nitrogens with one attached hydrogen (secondary N) is 3. The SMILES string of the molecule is O=c1[nH]cnc2c(CNC(O)C[C@@H](O)CO)c[nH]c12. The van der Waals surface area contributed by atoms with Gasteiger partial charge in [0, 0.05) is 24.7 Å². The first-order chi connectivity index (χ1) is 9.11. The summed E-state index contributed by atoms with van der Waals surface area (Å²) in [6.07, 6.45) is 1.05. The molecular weight excluding hydrogens is 252 g/mol. The first-order valence-corrected chi connectivity index (χ1v) is 5.86. The number of fused-ring (bicyclic) bond motifs is 1. The van der Waals surface area contributed by atoms with Crippen LogP contribution in [0.15, 0.2) is 17.3 Å². The third-order valence-electron chi connectivity index (χ3n) is 2.78. The van der Waals surface area contributed by atoms with Crippen LogP contribution in [0.2, 0.25) is 0 Å². The summed E-state index contributed by atoms with van der Waals surface area (Å²) in [6, 6.07) is 0. The van der Waals surface area contributed by atoms with Gasteiger partial charge in [0.05, 0.1) is 24.6 Å². The molecule has 0 saturated carbocycles. The molecule has 0 aliphatic heterocycles. The minimum atomic E-state index is -0.966. The maximum absolute atomic E-state index is 11.5. The normalized spacial score (nSPS) is 14.7. The average Bonchev–Trinajstić information content (AvgIpc) is 2.81. The Morgan fingerprint density at radius 1 is 1.37 bits per heavy atom. The number of aliphatic hydroxyl groups excluding tert-OH is 3. The Labute approximate surface area is 108 Å². The molecule has 0 aliphatic carbocycles. The van der Waals surface area contributed by atoms with Gasteiger partial charge < -0.3 is 25.3 Å². The molecule has 19 heavy (non-hydrogen) atoms. The summed E-state index contributed by atoms with van der Waals surface area (Å²) < 4.78 is 0. The maximum Gasteiger partial charge on any atom is 0.275 e. The number of aliphatic hydroxyl groups is 3. The Kier molecular flexibility index (Phi) is 4.27. The van der Waals surface area contributed by atoms with Crippen LogP contribution in [0.4, 0.5) is 0 Å². The fraction of sp³-hybridized carbons (Fsp3) is 0.455. The molecule has 2 aromatic rings. The van der Waals surface area contributed by atoms with Crippen molar-refractivity contribution in [2.75, 3.05) is 6.61 Å². The predicted octanol–water partition coefficient (Wildman–Crippen LogP) is -1.60. The molecule has 2 aromatic heterocycles. The van der Waals surface area contributed by atoms with Crippen LogP contribution in [0, 0.1) is 0 Å². The predicted molar refractivity (Wildman–Crippen MR) is 67.3 cm³/mol. The number of nitrogens with zero attached hydrogens (tertiary/aromatic N) is 1. The molecule has 0 fully saturated rings. The Bertz CT molecular complexity index is 594. The van der Waals surface area contributed by atoms with Gasteiger partial charge in [-0.3, -0.25) is 10.1 Å². The van der Waals surface area contributed by atoms with Crippen molar-refractivity contribution >= 4 is 11.0 Å². The molecule has 2 rings (SSSR count). The van der Waals surface area contributed by atoms with E-state index in [1.165, 1.54) is 6.33 Å². The summed E-state index contributed by atoms with van der Waals surface area (Å²) in [7, 11) is 0. The molecule has 0 amide bonds. The van der Waals surface area contributed by atoms with E-state index in [1.807, 2.05) is 0 Å². The van der Waals surface area contributed by atoms with E-state index >= 15 is 0 Å². The largest absolute Gasteiger partial charge is 0.394 e. The van der Waals surface area contributed by atoms with E-state index in [4.69, 9.17) is 5.11 Å². The van der Waals surface area contributed by atoms with Crippen LogP contribution in [-0.2, 0) is 6.54 Å². The second-order valence-electron chi connectivity index (χ2n) is 4.24. The van der Waals surface area contributed by atoms with E-state index in [2.05, 4.69) is 20.3 Å². The summed E-state index contributed by atoms with van der Waals surface area (Å²) in [4.78, 5) is 20.8. The van der Waals surface area contributed by atoms with Gasteiger partial charge in [0.25, 0.3) is 5.56 Å². The molecule has 0 saturated heterocycles. The highest BCUT2D eigenvalue weighted by atomic mass is 16.3. The molecule has 2 heterocycles. The van der Waals surface area contributed by atoms with Crippen molar-refractivity contribution < 1.29 is 15.3 Å². The molecule has 2 atom stereocenters. The summed E-state index contributed by atoms with van der Waals surface area (Å²) in [5.41, 5.74) is 1.39. The van der Waals surface area contributed by atoms with Gasteiger partial charge in [0.1, 0.15) is 11.7 Å². The summed E-state index contributed by atoms with van der Waals surface area (Å²) in [5, 5.41) is 30.2. The van der Waals surface area contributed by atoms with Gasteiger partial charge in [-0.1, -0.05) is 0 Å². The van der Waals surface area contributed by atoms with Crippen LogP contribution in [-0.4, -0.2) is 49.2 Å². The summed E-state index contributed by atoms with van der Waals surface area (Å²) in [5.74, 6) is 0. The zero-order chi connectivity index (χ0) is 13.8. The van der Waals surface area contributed by atoms with Gasteiger partial charge in [-0.2, -0.15) is 0 Å². The summed E-state index contributed by atoms with van der Waals surface area (Å²) >= 11 is 0. The van der Waals surface area contributed by atoms with Crippen molar-refractivity contribution in [3.05, 3.63) is 28.4 Å². The van der Waals surface area contributed by atoms with Gasteiger partial charge in [-0.05, 0) is 0 Å². The smallest absolute Gasteiger partial charge is 0.275 e. The zero-order valence-corrected chi connectivity index (χ0v) is 10.1. The fourth-order valence-corrected chi connectivity index (χ4v) is 1.78. The Balaban J connectivity index is 2.02. The number of H-pyrrole nitrogens is 2. The molecule has 8 nitrogen and oxygen atoms in total. The van der Waals surface area contributed by atoms with E-state index in [1.54, 1.807) is 6.20 Å². The van der Waals surface area contributed by atoms with E-state index in [0.29, 0.717) is 11.0 Å². The lowest BCUT2D eigenvalue weighted by atomic mass is 10.2. The minimum Gasteiger partial charge on any atom is -0.394 e. The standard InChI is InChI=1S/C11H16N4O4/c16-4-7(17)1-8(18)12-2-6-3-13-10-9(6)14-5-15-11(10)19/h3,5,7-8,12-13,16-18H,1-2,4H2,(H,14,15,19)/t7-,8?/m1/s1. The van der Waals surface area contributed by atoms with Crippen LogP contribution in [0.5, 0.6) is 0 Å². The summed E-state index contributed by atoms with van der Waals surface area (Å²) in [6.45, 7) is -0.113. The Morgan fingerprint density at radius 2 is 2.16 bits per heavy atom. The average molecular weight is 268 g/mol. The quantitative estimate of drug-likeness (QED) is 0.349. The van der Waals surface area contributed by atoms with Gasteiger partial charge in [-0.15, -0.1) is 0 Å². The third-order valence-corrected chi connectivity index (χ3v) is 2.78. The van der Waals surface area contributed by atoms with Crippen LogP contribution < -0.4 is 10.9 Å². The first kappa shape index (κ1) is 13.7. The zero-order valence-electron chi connectivity index (χ0n) is 10.1. The molecule has 8 heteroatoms. The van der Waals surface area contributed by atoms with Crippen molar-refractivity contribution in [3.63, 3.8) is 0 Å². The molecule has 1 unspecified atom stereocenters. The van der Waals surface area contributed by atoms with Gasteiger partial charge in [-0.25, -0.2) is 4.98 Å². The highest BCUT2D eigenvalue weighted by Gasteiger charge is 2.12. The van der Waals surface area contributed by atoms with Gasteiger partial charge in [0.15, 0.2) is 0 Å². The molecule has 0 bridgehead atoms.